The largest absolute Gasteiger partial charge is 0.387 e. The van der Waals surface area contributed by atoms with Crippen molar-refractivity contribution in [1.82, 2.24) is 29.1 Å². The van der Waals surface area contributed by atoms with Crippen LogP contribution in [0, 0.1) is 13.8 Å². The summed E-state index contributed by atoms with van der Waals surface area (Å²) in [6.45, 7) is 5.07. The first kappa shape index (κ1) is 18.9. The summed E-state index contributed by atoms with van der Waals surface area (Å²) in [5, 5.41) is 9.50. The molecular formula is C23H21N7O. The third-order valence-electron chi connectivity index (χ3n) is 5.32. The minimum absolute atomic E-state index is 0.181. The third kappa shape index (κ3) is 3.63. The average molecular weight is 411 g/mol. The maximum Gasteiger partial charge on any atom is 0.192 e. The molecule has 5 aromatic rings. The average Bonchev–Trinajstić information content (AvgIpc) is 3.32. The van der Waals surface area contributed by atoms with Gasteiger partial charge in [0, 0.05) is 18.1 Å². The van der Waals surface area contributed by atoms with Crippen LogP contribution in [0.3, 0.4) is 0 Å². The second-order valence-corrected chi connectivity index (χ2v) is 7.32. The van der Waals surface area contributed by atoms with Crippen molar-refractivity contribution in [2.45, 2.75) is 27.0 Å². The molecule has 154 valence electrons. The fourth-order valence-corrected chi connectivity index (χ4v) is 3.64. The number of rotatable bonds is 6. The quantitative estimate of drug-likeness (QED) is 0.314. The highest BCUT2D eigenvalue weighted by molar-refractivity contribution is 5.93. The van der Waals surface area contributed by atoms with Gasteiger partial charge in [-0.1, -0.05) is 41.6 Å². The molecular weight excluding hydrogens is 390 g/mol. The summed E-state index contributed by atoms with van der Waals surface area (Å²) < 4.78 is 3.89. The molecule has 0 bridgehead atoms. The van der Waals surface area contributed by atoms with Crippen LogP contribution in [0.1, 0.15) is 28.2 Å². The smallest absolute Gasteiger partial charge is 0.192 e. The van der Waals surface area contributed by atoms with Crippen molar-refractivity contribution in [2.75, 3.05) is 0 Å². The van der Waals surface area contributed by atoms with Gasteiger partial charge in [0.15, 0.2) is 18.1 Å². The Hall–Kier alpha value is -4.07. The molecule has 0 spiro atoms. The zero-order chi connectivity index (χ0) is 21.2. The Balaban J connectivity index is 1.44. The van der Waals surface area contributed by atoms with E-state index in [9.17, 15) is 0 Å². The van der Waals surface area contributed by atoms with Crippen LogP contribution in [-0.2, 0) is 18.0 Å². The lowest BCUT2D eigenvalue weighted by molar-refractivity contribution is 0.126. The molecule has 4 aromatic heterocycles. The Kier molecular flexibility index (Phi) is 4.87. The van der Waals surface area contributed by atoms with Gasteiger partial charge in [-0.05, 0) is 36.6 Å². The summed E-state index contributed by atoms with van der Waals surface area (Å²) in [6.07, 6.45) is 7.02. The third-order valence-corrected chi connectivity index (χ3v) is 5.32. The Morgan fingerprint density at radius 1 is 1.06 bits per heavy atom. The normalized spacial score (nSPS) is 11.7. The van der Waals surface area contributed by atoms with Gasteiger partial charge in [-0.25, -0.2) is 14.5 Å². The van der Waals surface area contributed by atoms with Crippen molar-refractivity contribution in [3.05, 3.63) is 89.4 Å². The van der Waals surface area contributed by atoms with Gasteiger partial charge < -0.3 is 9.40 Å². The molecule has 0 aliphatic heterocycles. The molecule has 5 rings (SSSR count). The number of pyridine rings is 1. The van der Waals surface area contributed by atoms with Crippen molar-refractivity contribution in [3.8, 4) is 0 Å². The lowest BCUT2D eigenvalue weighted by atomic mass is 10.2. The van der Waals surface area contributed by atoms with E-state index in [2.05, 4.69) is 44.7 Å². The molecule has 0 saturated carbocycles. The summed E-state index contributed by atoms with van der Waals surface area (Å²) in [7, 11) is 0. The highest BCUT2D eigenvalue weighted by Crippen LogP contribution is 2.27. The fraction of sp³-hybridized carbons (Fsp3) is 0.174. The van der Waals surface area contributed by atoms with Crippen molar-refractivity contribution < 1.29 is 4.84 Å². The molecule has 0 unspecified atom stereocenters. The van der Waals surface area contributed by atoms with E-state index < -0.39 is 0 Å². The van der Waals surface area contributed by atoms with Gasteiger partial charge in [0.1, 0.15) is 12.0 Å². The van der Waals surface area contributed by atoms with Crippen LogP contribution in [-0.4, -0.2) is 35.3 Å². The van der Waals surface area contributed by atoms with Gasteiger partial charge in [0.2, 0.25) is 0 Å². The minimum atomic E-state index is 0.181. The summed E-state index contributed by atoms with van der Waals surface area (Å²) in [6, 6.07) is 13.8. The second kappa shape index (κ2) is 7.98. The topological polar surface area (TPSA) is 82.5 Å². The fourth-order valence-electron chi connectivity index (χ4n) is 3.64. The van der Waals surface area contributed by atoms with E-state index in [1.54, 1.807) is 23.3 Å². The van der Waals surface area contributed by atoms with Crippen molar-refractivity contribution in [3.63, 3.8) is 0 Å². The summed E-state index contributed by atoms with van der Waals surface area (Å²) in [5.74, 6) is 0.552. The van der Waals surface area contributed by atoms with Crippen LogP contribution in [0.5, 0.6) is 0 Å². The number of fused-ring (bicyclic) bond motifs is 3. The van der Waals surface area contributed by atoms with Crippen molar-refractivity contribution in [2.24, 2.45) is 5.16 Å². The highest BCUT2D eigenvalue weighted by Gasteiger charge is 2.18. The first-order chi connectivity index (χ1) is 15.2. The van der Waals surface area contributed by atoms with Gasteiger partial charge >= 0.3 is 0 Å². The van der Waals surface area contributed by atoms with Crippen LogP contribution in [0.4, 0.5) is 0 Å². The van der Waals surface area contributed by atoms with Crippen LogP contribution in [0.15, 0.2) is 66.3 Å². The number of aryl methyl sites for hydroxylation is 1. The van der Waals surface area contributed by atoms with Gasteiger partial charge in [-0.3, -0.25) is 4.98 Å². The van der Waals surface area contributed by atoms with Gasteiger partial charge in [-0.2, -0.15) is 0 Å². The van der Waals surface area contributed by atoms with Crippen molar-refractivity contribution >= 4 is 22.9 Å². The zero-order valence-electron chi connectivity index (χ0n) is 17.3. The molecule has 4 heterocycles. The first-order valence-corrected chi connectivity index (χ1v) is 9.99. The Bertz CT molecular complexity index is 1370. The number of aromatic nitrogens is 6. The summed E-state index contributed by atoms with van der Waals surface area (Å²) in [4.78, 5) is 19.0. The maximum atomic E-state index is 5.40. The van der Waals surface area contributed by atoms with E-state index in [-0.39, 0.29) is 6.61 Å². The molecule has 1 aromatic carbocycles. The molecule has 0 saturated heterocycles. The van der Waals surface area contributed by atoms with Gasteiger partial charge in [-0.15, -0.1) is 5.10 Å². The molecule has 0 aliphatic rings. The van der Waals surface area contributed by atoms with E-state index in [4.69, 9.17) is 9.82 Å². The monoisotopic (exact) mass is 411 g/mol. The lowest BCUT2D eigenvalue weighted by Gasteiger charge is -2.07. The number of oxime groups is 1. The van der Waals surface area contributed by atoms with E-state index in [0.29, 0.717) is 12.4 Å². The van der Waals surface area contributed by atoms with Crippen molar-refractivity contribution in [1.29, 1.82) is 0 Å². The van der Waals surface area contributed by atoms with E-state index in [1.165, 1.54) is 0 Å². The molecule has 31 heavy (non-hydrogen) atoms. The van der Waals surface area contributed by atoms with Gasteiger partial charge in [0.05, 0.1) is 18.1 Å². The predicted molar refractivity (Wildman–Crippen MR) is 118 cm³/mol. The molecule has 0 N–H and O–H groups in total. The molecule has 8 nitrogen and oxygen atoms in total. The Morgan fingerprint density at radius 3 is 2.74 bits per heavy atom. The summed E-state index contributed by atoms with van der Waals surface area (Å²) in [5.41, 5.74) is 6.02. The molecule has 0 atom stereocenters. The summed E-state index contributed by atoms with van der Waals surface area (Å²) >= 11 is 0. The minimum Gasteiger partial charge on any atom is -0.387 e. The highest BCUT2D eigenvalue weighted by atomic mass is 16.6. The van der Waals surface area contributed by atoms with Crippen LogP contribution in [0.2, 0.25) is 0 Å². The van der Waals surface area contributed by atoms with E-state index in [1.807, 2.05) is 42.6 Å². The zero-order valence-corrected chi connectivity index (χ0v) is 17.3. The SMILES string of the molecule is Cc1c(C)n(Cc2cccnc2)c2ncn3nc(CO/N=C/c4ccccc4)nc3c12. The maximum absolute atomic E-state index is 5.40. The van der Waals surface area contributed by atoms with Gasteiger partial charge in [0.25, 0.3) is 0 Å². The molecule has 0 radical (unpaired) electrons. The predicted octanol–water partition coefficient (Wildman–Crippen LogP) is 3.69. The van der Waals surface area contributed by atoms with E-state index in [0.717, 1.165) is 39.1 Å². The Labute approximate surface area is 178 Å². The molecule has 8 heteroatoms. The van der Waals surface area contributed by atoms with Crippen LogP contribution >= 0.6 is 0 Å². The van der Waals surface area contributed by atoms with Crippen LogP contribution in [0.25, 0.3) is 16.7 Å². The first-order valence-electron chi connectivity index (χ1n) is 9.99. The second-order valence-electron chi connectivity index (χ2n) is 7.32. The standard InChI is InChI=1S/C23H21N7O/c1-16-17(2)29(13-19-9-6-10-24-11-19)22-21(16)23-27-20(28-30(23)15-25-22)14-31-26-12-18-7-4-3-5-8-18/h3-12,15H,13-14H2,1-2H3/b26-12+. The number of benzene rings is 1. The lowest BCUT2D eigenvalue weighted by Crippen LogP contribution is -2.03. The van der Waals surface area contributed by atoms with Crippen LogP contribution < -0.4 is 0 Å². The molecule has 0 fully saturated rings. The molecule has 0 amide bonds. The number of hydrogen-bond acceptors (Lipinski definition) is 6. The Morgan fingerprint density at radius 2 is 1.94 bits per heavy atom. The van der Waals surface area contributed by atoms with E-state index >= 15 is 0 Å². The number of hydrogen-bond donors (Lipinski definition) is 0. The molecule has 0 aliphatic carbocycles. The number of nitrogens with zero attached hydrogens (tertiary/aromatic N) is 7.